The number of hydrogen-bond donors (Lipinski definition) is 0. The van der Waals surface area contributed by atoms with Crippen LogP contribution in [0.5, 0.6) is 5.75 Å². The zero-order chi connectivity index (χ0) is 20.4. The summed E-state index contributed by atoms with van der Waals surface area (Å²) in [6.45, 7) is 2.14. The summed E-state index contributed by atoms with van der Waals surface area (Å²) in [6.07, 6.45) is 1.94. The molecule has 0 N–H and O–H groups in total. The van der Waals surface area contributed by atoms with Crippen LogP contribution < -0.4 is 4.74 Å². The van der Waals surface area contributed by atoms with Gasteiger partial charge in [0.05, 0.1) is 23.2 Å². The third-order valence-electron chi connectivity index (χ3n) is 5.61. The van der Waals surface area contributed by atoms with Crippen molar-refractivity contribution in [1.82, 2.24) is 0 Å². The van der Waals surface area contributed by atoms with Gasteiger partial charge in [-0.05, 0) is 66.3 Å². The maximum absolute atomic E-state index is 6.28. The lowest BCUT2D eigenvalue weighted by molar-refractivity contribution is 0.414. The summed E-state index contributed by atoms with van der Waals surface area (Å²) in [6, 6.07) is 22.8. The lowest BCUT2D eigenvalue weighted by atomic mass is 9.78. The Labute approximate surface area is 182 Å². The Morgan fingerprint density at radius 2 is 1.72 bits per heavy atom. The third kappa shape index (κ3) is 4.19. The molecule has 3 aromatic rings. The first kappa shape index (κ1) is 20.0. The SMILES string of the molecule is COc1ccc([C@@H](C)N=C2CCC(c3ccc(Cl)c(Cl)c3)c3ccccc32)cc1. The Bertz CT molecular complexity index is 1040. The first-order valence-electron chi connectivity index (χ1n) is 9.81. The molecule has 1 aliphatic carbocycles. The van der Waals surface area contributed by atoms with E-state index in [1.54, 1.807) is 7.11 Å². The fraction of sp³-hybridized carbons (Fsp3) is 0.240. The van der Waals surface area contributed by atoms with Gasteiger partial charge in [0, 0.05) is 11.6 Å². The minimum Gasteiger partial charge on any atom is -0.497 e. The second kappa shape index (κ2) is 8.61. The molecule has 0 heterocycles. The van der Waals surface area contributed by atoms with Crippen LogP contribution in [0.25, 0.3) is 0 Å². The topological polar surface area (TPSA) is 21.6 Å². The number of aliphatic imine (C=N–C) groups is 1. The van der Waals surface area contributed by atoms with E-state index in [2.05, 4.69) is 49.4 Å². The Morgan fingerprint density at radius 1 is 0.966 bits per heavy atom. The largest absolute Gasteiger partial charge is 0.497 e. The van der Waals surface area contributed by atoms with Gasteiger partial charge in [0.1, 0.15) is 5.75 Å². The zero-order valence-electron chi connectivity index (χ0n) is 16.5. The molecule has 0 saturated heterocycles. The molecule has 2 nitrogen and oxygen atoms in total. The Morgan fingerprint density at radius 3 is 2.45 bits per heavy atom. The van der Waals surface area contributed by atoms with Crippen molar-refractivity contribution in [3.63, 3.8) is 0 Å². The predicted octanol–water partition coefficient (Wildman–Crippen LogP) is 7.48. The lowest BCUT2D eigenvalue weighted by Crippen LogP contribution is -2.18. The van der Waals surface area contributed by atoms with E-state index in [0.29, 0.717) is 16.0 Å². The van der Waals surface area contributed by atoms with Crippen LogP contribution in [0.1, 0.15) is 54.0 Å². The second-order valence-electron chi connectivity index (χ2n) is 7.38. The fourth-order valence-electron chi connectivity index (χ4n) is 4.04. The van der Waals surface area contributed by atoms with Crippen molar-refractivity contribution in [3.05, 3.63) is 99.0 Å². The van der Waals surface area contributed by atoms with Crippen molar-refractivity contribution < 1.29 is 4.74 Å². The number of halogens is 2. The van der Waals surface area contributed by atoms with Crippen LogP contribution in [0.2, 0.25) is 10.0 Å². The van der Waals surface area contributed by atoms with Gasteiger partial charge in [-0.25, -0.2) is 0 Å². The standard InChI is InChI=1S/C25H23Cl2NO/c1-16(17-7-10-19(29-2)11-8-17)28-25-14-12-20(21-5-3-4-6-22(21)25)18-9-13-23(26)24(27)15-18/h3-11,13,15-16,20H,12,14H2,1-2H3/t16-,20?/m1/s1. The van der Waals surface area contributed by atoms with Crippen LogP contribution in [0, 0.1) is 0 Å². The highest BCUT2D eigenvalue weighted by molar-refractivity contribution is 6.42. The summed E-state index contributed by atoms with van der Waals surface area (Å²) in [5.74, 6) is 1.16. The number of hydrogen-bond acceptors (Lipinski definition) is 2. The van der Waals surface area contributed by atoms with Crippen LogP contribution in [-0.2, 0) is 0 Å². The van der Waals surface area contributed by atoms with E-state index in [1.807, 2.05) is 24.3 Å². The lowest BCUT2D eigenvalue weighted by Gasteiger charge is -2.28. The van der Waals surface area contributed by atoms with E-state index in [1.165, 1.54) is 28.0 Å². The minimum atomic E-state index is 0.0884. The molecule has 4 heteroatoms. The van der Waals surface area contributed by atoms with Crippen LogP contribution in [0.15, 0.2) is 71.7 Å². The molecule has 148 valence electrons. The molecule has 4 rings (SSSR count). The van der Waals surface area contributed by atoms with Crippen LogP contribution in [-0.4, -0.2) is 12.8 Å². The summed E-state index contributed by atoms with van der Waals surface area (Å²) in [7, 11) is 1.68. The van der Waals surface area contributed by atoms with E-state index < -0.39 is 0 Å². The van der Waals surface area contributed by atoms with Crippen LogP contribution in [0.4, 0.5) is 0 Å². The van der Waals surface area contributed by atoms with Crippen molar-refractivity contribution >= 4 is 28.9 Å². The van der Waals surface area contributed by atoms with Crippen LogP contribution >= 0.6 is 23.2 Å². The van der Waals surface area contributed by atoms with Crippen molar-refractivity contribution in [2.24, 2.45) is 4.99 Å². The van der Waals surface area contributed by atoms with Crippen molar-refractivity contribution in [2.45, 2.75) is 31.7 Å². The molecule has 1 aliphatic rings. The number of benzene rings is 3. The maximum Gasteiger partial charge on any atom is 0.118 e. The second-order valence-corrected chi connectivity index (χ2v) is 8.19. The molecule has 0 amide bonds. The molecule has 0 bridgehead atoms. The number of ether oxygens (including phenoxy) is 1. The Kier molecular flexibility index (Phi) is 5.94. The monoisotopic (exact) mass is 423 g/mol. The molecule has 0 aromatic heterocycles. The van der Waals surface area contributed by atoms with Gasteiger partial charge in [-0.2, -0.15) is 0 Å². The molecule has 2 atom stereocenters. The minimum absolute atomic E-state index is 0.0884. The highest BCUT2D eigenvalue weighted by atomic mass is 35.5. The van der Waals surface area contributed by atoms with Gasteiger partial charge in [0.2, 0.25) is 0 Å². The molecular formula is C25H23Cl2NO. The van der Waals surface area contributed by atoms with E-state index in [-0.39, 0.29) is 6.04 Å². The summed E-state index contributed by atoms with van der Waals surface area (Å²) in [4.78, 5) is 5.09. The number of rotatable bonds is 4. The molecule has 29 heavy (non-hydrogen) atoms. The highest BCUT2D eigenvalue weighted by Crippen LogP contribution is 2.39. The first-order chi connectivity index (χ1) is 14.1. The maximum atomic E-state index is 6.28. The molecule has 0 radical (unpaired) electrons. The summed E-state index contributed by atoms with van der Waals surface area (Å²) in [5.41, 5.74) is 6.09. The van der Waals surface area contributed by atoms with Gasteiger partial charge in [-0.1, -0.05) is 65.7 Å². The van der Waals surface area contributed by atoms with Crippen LogP contribution in [0.3, 0.4) is 0 Å². The van der Waals surface area contributed by atoms with Gasteiger partial charge in [-0.15, -0.1) is 0 Å². The third-order valence-corrected chi connectivity index (χ3v) is 6.35. The highest BCUT2D eigenvalue weighted by Gasteiger charge is 2.26. The van der Waals surface area contributed by atoms with Gasteiger partial charge in [-0.3, -0.25) is 4.99 Å². The average molecular weight is 424 g/mol. The Hall–Kier alpha value is -2.29. The van der Waals surface area contributed by atoms with Gasteiger partial charge < -0.3 is 4.74 Å². The Balaban J connectivity index is 1.67. The average Bonchev–Trinajstić information content (AvgIpc) is 2.76. The van der Waals surface area contributed by atoms with Gasteiger partial charge >= 0.3 is 0 Å². The molecule has 0 aliphatic heterocycles. The van der Waals surface area contributed by atoms with Crippen molar-refractivity contribution in [2.75, 3.05) is 7.11 Å². The summed E-state index contributed by atoms with van der Waals surface area (Å²) >= 11 is 12.4. The number of nitrogens with zero attached hydrogens (tertiary/aromatic N) is 1. The molecule has 3 aromatic carbocycles. The van der Waals surface area contributed by atoms with E-state index >= 15 is 0 Å². The van der Waals surface area contributed by atoms with Crippen molar-refractivity contribution in [3.8, 4) is 5.75 Å². The summed E-state index contributed by atoms with van der Waals surface area (Å²) in [5, 5.41) is 1.20. The van der Waals surface area contributed by atoms with E-state index in [9.17, 15) is 0 Å². The molecule has 1 unspecified atom stereocenters. The van der Waals surface area contributed by atoms with E-state index in [0.717, 1.165) is 18.6 Å². The predicted molar refractivity (Wildman–Crippen MR) is 122 cm³/mol. The zero-order valence-corrected chi connectivity index (χ0v) is 18.0. The number of fused-ring (bicyclic) bond motifs is 1. The fourth-order valence-corrected chi connectivity index (χ4v) is 4.34. The molecular weight excluding hydrogens is 401 g/mol. The smallest absolute Gasteiger partial charge is 0.118 e. The van der Waals surface area contributed by atoms with E-state index in [4.69, 9.17) is 32.9 Å². The van der Waals surface area contributed by atoms with Gasteiger partial charge in [0.15, 0.2) is 0 Å². The normalized spacial score (nSPS) is 18.3. The summed E-state index contributed by atoms with van der Waals surface area (Å²) < 4.78 is 5.26. The molecule has 0 fully saturated rings. The first-order valence-corrected chi connectivity index (χ1v) is 10.6. The molecule has 0 saturated carbocycles. The quantitative estimate of drug-likeness (QED) is 0.426. The van der Waals surface area contributed by atoms with Gasteiger partial charge in [0.25, 0.3) is 0 Å². The molecule has 0 spiro atoms. The van der Waals surface area contributed by atoms with Crippen molar-refractivity contribution in [1.29, 1.82) is 0 Å². The number of methoxy groups -OCH3 is 1.